The van der Waals surface area contributed by atoms with Crippen LogP contribution in [-0.4, -0.2) is 48.8 Å². The van der Waals surface area contributed by atoms with Gasteiger partial charge in [-0.2, -0.15) is 11.3 Å². The number of thiophene rings is 1. The summed E-state index contributed by atoms with van der Waals surface area (Å²) < 4.78 is 0. The van der Waals surface area contributed by atoms with Crippen LogP contribution in [0.25, 0.3) is 0 Å². The second-order valence-corrected chi connectivity index (χ2v) is 8.25. The lowest BCUT2D eigenvalue weighted by atomic mass is 9.95. The van der Waals surface area contributed by atoms with Crippen LogP contribution in [0.3, 0.4) is 0 Å². The molecule has 148 valence electrons. The molecule has 0 aliphatic carbocycles. The number of nitrogens with one attached hydrogen (secondary N) is 2. The third-order valence-electron chi connectivity index (χ3n) is 4.85. The van der Waals surface area contributed by atoms with Crippen molar-refractivity contribution in [2.75, 3.05) is 20.6 Å². The molecule has 0 spiro atoms. The van der Waals surface area contributed by atoms with Gasteiger partial charge < -0.3 is 20.6 Å². The number of carbonyl (C=O) groups is 1. The Morgan fingerprint density at radius 2 is 1.89 bits per heavy atom. The number of urea groups is 1. The van der Waals surface area contributed by atoms with E-state index in [1.54, 1.807) is 23.5 Å². The normalized spacial score (nSPS) is 13.4. The molecule has 1 aromatic carbocycles. The highest BCUT2D eigenvalue weighted by atomic mass is 32.1. The minimum absolute atomic E-state index is 0.0824. The molecule has 1 heterocycles. The van der Waals surface area contributed by atoms with E-state index in [0.717, 1.165) is 24.0 Å². The molecular weight excluding hydrogens is 358 g/mol. The van der Waals surface area contributed by atoms with Crippen LogP contribution < -0.4 is 10.6 Å². The monoisotopic (exact) mass is 389 g/mol. The summed E-state index contributed by atoms with van der Waals surface area (Å²) in [6.07, 6.45) is 1.65. The summed E-state index contributed by atoms with van der Waals surface area (Å²) >= 11 is 1.67. The Labute approximate surface area is 166 Å². The molecule has 0 fully saturated rings. The first-order chi connectivity index (χ1) is 12.8. The highest BCUT2D eigenvalue weighted by Crippen LogP contribution is 2.22. The number of phenols is 1. The molecule has 0 radical (unpaired) electrons. The summed E-state index contributed by atoms with van der Waals surface area (Å²) in [5.74, 6) is 0.298. The Morgan fingerprint density at radius 3 is 2.44 bits per heavy atom. The predicted molar refractivity (Wildman–Crippen MR) is 113 cm³/mol. The van der Waals surface area contributed by atoms with Crippen LogP contribution in [0.1, 0.15) is 29.2 Å². The van der Waals surface area contributed by atoms with Crippen LogP contribution in [0, 0.1) is 13.8 Å². The van der Waals surface area contributed by atoms with E-state index in [1.165, 1.54) is 11.1 Å². The van der Waals surface area contributed by atoms with Gasteiger partial charge in [-0.1, -0.05) is 0 Å². The zero-order valence-corrected chi connectivity index (χ0v) is 17.7. The topological polar surface area (TPSA) is 64.6 Å². The Kier molecular flexibility index (Phi) is 7.68. The molecule has 3 N–H and O–H groups in total. The van der Waals surface area contributed by atoms with Gasteiger partial charge in [0, 0.05) is 18.6 Å². The third-order valence-corrected chi connectivity index (χ3v) is 5.58. The highest BCUT2D eigenvalue weighted by molar-refractivity contribution is 7.07. The number of aryl methyl sites for hydroxylation is 2. The summed E-state index contributed by atoms with van der Waals surface area (Å²) in [6, 6.07) is 5.79. The molecule has 0 saturated carbocycles. The van der Waals surface area contributed by atoms with Crippen molar-refractivity contribution in [3.63, 3.8) is 0 Å². The molecule has 0 bridgehead atoms. The number of hydrogen-bond donors (Lipinski definition) is 3. The van der Waals surface area contributed by atoms with Gasteiger partial charge in [0.05, 0.1) is 0 Å². The average Bonchev–Trinajstić information content (AvgIpc) is 3.05. The smallest absolute Gasteiger partial charge is 0.315 e. The van der Waals surface area contributed by atoms with E-state index in [1.807, 2.05) is 34.9 Å². The second kappa shape index (κ2) is 9.76. The molecule has 5 nitrogen and oxygen atoms in total. The largest absolute Gasteiger partial charge is 0.508 e. The fourth-order valence-electron chi connectivity index (χ4n) is 3.26. The summed E-state index contributed by atoms with van der Waals surface area (Å²) in [6.45, 7) is 6.61. The van der Waals surface area contributed by atoms with Crippen LogP contribution in [-0.2, 0) is 12.8 Å². The highest BCUT2D eigenvalue weighted by Gasteiger charge is 2.17. The van der Waals surface area contributed by atoms with E-state index in [-0.39, 0.29) is 18.1 Å². The quantitative estimate of drug-likeness (QED) is 0.648. The molecule has 1 unspecified atom stereocenters. The molecule has 2 amide bonds. The second-order valence-electron chi connectivity index (χ2n) is 7.47. The van der Waals surface area contributed by atoms with Crippen molar-refractivity contribution in [2.45, 2.75) is 45.7 Å². The molecule has 6 heteroatoms. The fourth-order valence-corrected chi connectivity index (χ4v) is 3.95. The SMILES string of the molecule is Cc1cc(O)cc(C)c1CC(CNC(=O)N[C@@H](C)Cc1ccsc1)N(C)C. The van der Waals surface area contributed by atoms with Crippen LogP contribution >= 0.6 is 11.3 Å². The van der Waals surface area contributed by atoms with Crippen LogP contribution in [0.2, 0.25) is 0 Å². The van der Waals surface area contributed by atoms with Crippen LogP contribution in [0.5, 0.6) is 5.75 Å². The number of phenolic OH excluding ortho intramolecular Hbond substituents is 1. The lowest BCUT2D eigenvalue weighted by molar-refractivity contribution is 0.229. The lowest BCUT2D eigenvalue weighted by Gasteiger charge is -2.26. The summed E-state index contributed by atoms with van der Waals surface area (Å²) in [5, 5.41) is 19.9. The number of nitrogens with zero attached hydrogens (tertiary/aromatic N) is 1. The number of rotatable bonds is 8. The molecule has 27 heavy (non-hydrogen) atoms. The molecule has 2 rings (SSSR count). The zero-order chi connectivity index (χ0) is 20.0. The number of aromatic hydroxyl groups is 1. The van der Waals surface area contributed by atoms with Gasteiger partial charge >= 0.3 is 6.03 Å². The molecular formula is C21H31N3O2S. The fraction of sp³-hybridized carbons (Fsp3) is 0.476. The minimum atomic E-state index is -0.135. The van der Waals surface area contributed by atoms with Crippen LogP contribution in [0.4, 0.5) is 4.79 Å². The first-order valence-electron chi connectivity index (χ1n) is 9.27. The van der Waals surface area contributed by atoms with Gasteiger partial charge in [-0.3, -0.25) is 0 Å². The van der Waals surface area contributed by atoms with Gasteiger partial charge in [-0.25, -0.2) is 4.79 Å². The number of hydrogen-bond acceptors (Lipinski definition) is 4. The zero-order valence-electron chi connectivity index (χ0n) is 16.9. The van der Waals surface area contributed by atoms with Crippen molar-refractivity contribution in [1.82, 2.24) is 15.5 Å². The first kappa shape index (κ1) is 21.3. The van der Waals surface area contributed by atoms with E-state index < -0.39 is 0 Å². The standard InChI is InChI=1S/C21H31N3O2S/c1-14-8-19(25)9-15(2)20(14)11-18(24(4)5)12-22-21(26)23-16(3)10-17-6-7-27-13-17/h6-9,13,16,18,25H,10-12H2,1-5H3,(H2,22,23,26)/t16-,18?/m0/s1. The predicted octanol–water partition coefficient (Wildman–Crippen LogP) is 3.47. The summed E-state index contributed by atoms with van der Waals surface area (Å²) in [7, 11) is 4.04. The molecule has 2 aromatic rings. The van der Waals surface area contributed by atoms with E-state index in [4.69, 9.17) is 0 Å². The number of benzene rings is 1. The van der Waals surface area contributed by atoms with Crippen LogP contribution in [0.15, 0.2) is 29.0 Å². The van der Waals surface area contributed by atoms with Gasteiger partial charge in [-0.05, 0) is 98.9 Å². The van der Waals surface area contributed by atoms with Crippen molar-refractivity contribution in [2.24, 2.45) is 0 Å². The molecule has 0 saturated heterocycles. The first-order valence-corrected chi connectivity index (χ1v) is 10.2. The van der Waals surface area contributed by atoms with Gasteiger partial charge in [0.25, 0.3) is 0 Å². The maximum Gasteiger partial charge on any atom is 0.315 e. The van der Waals surface area contributed by atoms with Gasteiger partial charge in [0.1, 0.15) is 5.75 Å². The lowest BCUT2D eigenvalue weighted by Crippen LogP contribution is -2.47. The van der Waals surface area contributed by atoms with Gasteiger partial charge in [-0.15, -0.1) is 0 Å². The molecule has 2 atom stereocenters. The molecule has 0 aliphatic rings. The van der Waals surface area contributed by atoms with Crippen molar-refractivity contribution in [3.8, 4) is 5.75 Å². The summed E-state index contributed by atoms with van der Waals surface area (Å²) in [4.78, 5) is 14.4. The van der Waals surface area contributed by atoms with Gasteiger partial charge in [0.15, 0.2) is 0 Å². The van der Waals surface area contributed by atoms with Crippen molar-refractivity contribution in [3.05, 3.63) is 51.2 Å². The maximum atomic E-state index is 12.3. The van der Waals surface area contributed by atoms with Crippen molar-refractivity contribution >= 4 is 17.4 Å². The van der Waals surface area contributed by atoms with E-state index in [9.17, 15) is 9.90 Å². The average molecular weight is 390 g/mol. The minimum Gasteiger partial charge on any atom is -0.508 e. The van der Waals surface area contributed by atoms with E-state index in [0.29, 0.717) is 12.3 Å². The Bertz CT molecular complexity index is 721. The summed E-state index contributed by atoms with van der Waals surface area (Å²) in [5.41, 5.74) is 4.62. The third kappa shape index (κ3) is 6.56. The Hall–Kier alpha value is -2.05. The number of likely N-dealkylation sites (N-methyl/N-ethyl adjacent to an activating group) is 1. The van der Waals surface area contributed by atoms with Gasteiger partial charge in [0.2, 0.25) is 0 Å². The Balaban J connectivity index is 1.89. The van der Waals surface area contributed by atoms with E-state index >= 15 is 0 Å². The van der Waals surface area contributed by atoms with E-state index in [2.05, 4.69) is 32.4 Å². The molecule has 1 aromatic heterocycles. The number of carbonyl (C=O) groups excluding carboxylic acids is 1. The Morgan fingerprint density at radius 1 is 1.22 bits per heavy atom. The molecule has 0 aliphatic heterocycles. The maximum absolute atomic E-state index is 12.3. The number of amides is 2. The van der Waals surface area contributed by atoms with Crippen molar-refractivity contribution < 1.29 is 9.90 Å². The van der Waals surface area contributed by atoms with Crippen molar-refractivity contribution in [1.29, 1.82) is 0 Å².